The Kier molecular flexibility index (Phi) is 4.76. The van der Waals surface area contributed by atoms with Gasteiger partial charge in [0.2, 0.25) is 11.8 Å². The van der Waals surface area contributed by atoms with Gasteiger partial charge in [-0.15, -0.1) is 0 Å². The molecule has 0 aliphatic heterocycles. The van der Waals surface area contributed by atoms with E-state index in [4.69, 9.17) is 14.6 Å². The van der Waals surface area contributed by atoms with Gasteiger partial charge in [0.05, 0.1) is 49.7 Å². The number of methoxy groups -OCH3 is 2. The highest BCUT2D eigenvalue weighted by Gasteiger charge is 2.48. The lowest BCUT2D eigenvalue weighted by Gasteiger charge is -2.13. The van der Waals surface area contributed by atoms with E-state index in [0.717, 1.165) is 17.1 Å². The zero-order valence-electron chi connectivity index (χ0n) is 16.5. The third-order valence-corrected chi connectivity index (χ3v) is 5.23. The summed E-state index contributed by atoms with van der Waals surface area (Å²) in [6.45, 7) is 0. The number of rotatable bonds is 6. The van der Waals surface area contributed by atoms with Crippen LogP contribution in [0.25, 0.3) is 22.2 Å². The number of carbonyl (C=O) groups is 2. The van der Waals surface area contributed by atoms with Crippen LogP contribution >= 0.6 is 0 Å². The minimum absolute atomic E-state index is 0.00249. The van der Waals surface area contributed by atoms with Crippen molar-refractivity contribution in [2.24, 2.45) is 18.9 Å². The lowest BCUT2D eigenvalue weighted by atomic mass is 10.1. The SMILES string of the molecule is COc1ncc(F)c(OC)c1-c1cc2cc(NC(=O)[C@H]3C[C@@H]3C(=O)O)ncc2n1C. The number of hydrogen-bond acceptors (Lipinski definition) is 6. The Labute approximate surface area is 170 Å². The average molecular weight is 414 g/mol. The quantitative estimate of drug-likeness (QED) is 0.636. The molecule has 1 fully saturated rings. The van der Waals surface area contributed by atoms with Crippen molar-refractivity contribution in [2.45, 2.75) is 6.42 Å². The highest BCUT2D eigenvalue weighted by atomic mass is 19.1. The van der Waals surface area contributed by atoms with Gasteiger partial charge in [0, 0.05) is 12.4 Å². The van der Waals surface area contributed by atoms with Crippen LogP contribution in [0.2, 0.25) is 0 Å². The average Bonchev–Trinajstić information content (AvgIpc) is 3.47. The van der Waals surface area contributed by atoms with E-state index in [1.54, 1.807) is 29.9 Å². The molecule has 4 rings (SSSR count). The number of amides is 1. The topological polar surface area (TPSA) is 116 Å². The summed E-state index contributed by atoms with van der Waals surface area (Å²) in [5.74, 6) is -2.65. The molecule has 1 aliphatic rings. The van der Waals surface area contributed by atoms with Crippen molar-refractivity contribution in [2.75, 3.05) is 19.5 Å². The summed E-state index contributed by atoms with van der Waals surface area (Å²) in [7, 11) is 4.58. The van der Waals surface area contributed by atoms with E-state index in [1.807, 2.05) is 0 Å². The van der Waals surface area contributed by atoms with Crippen LogP contribution < -0.4 is 14.8 Å². The lowest BCUT2D eigenvalue weighted by Crippen LogP contribution is -2.17. The van der Waals surface area contributed by atoms with Gasteiger partial charge in [-0.3, -0.25) is 9.59 Å². The molecule has 30 heavy (non-hydrogen) atoms. The summed E-state index contributed by atoms with van der Waals surface area (Å²) in [6, 6.07) is 3.45. The minimum atomic E-state index is -0.974. The normalized spacial score (nSPS) is 17.6. The van der Waals surface area contributed by atoms with Gasteiger partial charge < -0.3 is 24.5 Å². The summed E-state index contributed by atoms with van der Waals surface area (Å²) in [6.07, 6.45) is 2.92. The maximum atomic E-state index is 14.3. The van der Waals surface area contributed by atoms with E-state index in [0.29, 0.717) is 23.5 Å². The van der Waals surface area contributed by atoms with Gasteiger partial charge in [0.15, 0.2) is 11.6 Å². The number of aliphatic carboxylic acids is 1. The van der Waals surface area contributed by atoms with Crippen molar-refractivity contribution in [3.05, 3.63) is 30.3 Å². The molecular formula is C20H19FN4O5. The molecule has 0 spiro atoms. The number of anilines is 1. The van der Waals surface area contributed by atoms with Gasteiger partial charge in [0.25, 0.3) is 0 Å². The number of fused-ring (bicyclic) bond motifs is 1. The fourth-order valence-electron chi connectivity index (χ4n) is 3.55. The highest BCUT2D eigenvalue weighted by molar-refractivity contribution is 5.99. The molecule has 10 heteroatoms. The largest absolute Gasteiger partial charge is 0.493 e. The number of aromatic nitrogens is 3. The fourth-order valence-corrected chi connectivity index (χ4v) is 3.55. The molecule has 0 saturated heterocycles. The molecule has 0 bridgehead atoms. The van der Waals surface area contributed by atoms with Crippen LogP contribution in [0.3, 0.4) is 0 Å². The first kappa shape index (κ1) is 19.6. The first-order valence-electron chi connectivity index (χ1n) is 9.11. The van der Waals surface area contributed by atoms with Crippen LogP contribution in [0.5, 0.6) is 11.6 Å². The Morgan fingerprint density at radius 1 is 1.20 bits per heavy atom. The first-order valence-corrected chi connectivity index (χ1v) is 9.11. The summed E-state index contributed by atoms with van der Waals surface area (Å²) in [5.41, 5.74) is 1.67. The van der Waals surface area contributed by atoms with Gasteiger partial charge in [-0.05, 0) is 18.6 Å². The Balaban J connectivity index is 1.71. The molecule has 156 valence electrons. The van der Waals surface area contributed by atoms with Crippen LogP contribution in [0.15, 0.2) is 24.5 Å². The number of carbonyl (C=O) groups excluding carboxylic acids is 1. The molecule has 3 aromatic heterocycles. The van der Waals surface area contributed by atoms with E-state index < -0.39 is 23.6 Å². The molecule has 1 amide bonds. The summed E-state index contributed by atoms with van der Waals surface area (Å²) in [5, 5.41) is 12.4. The van der Waals surface area contributed by atoms with Gasteiger partial charge in [-0.2, -0.15) is 0 Å². The Bertz CT molecular complexity index is 1180. The monoisotopic (exact) mass is 414 g/mol. The number of hydrogen-bond donors (Lipinski definition) is 2. The predicted molar refractivity (Wildman–Crippen MR) is 105 cm³/mol. The molecule has 3 heterocycles. The number of aryl methyl sites for hydroxylation is 1. The van der Waals surface area contributed by atoms with E-state index in [-0.39, 0.29) is 17.5 Å². The summed E-state index contributed by atoms with van der Waals surface area (Å²) >= 11 is 0. The van der Waals surface area contributed by atoms with Gasteiger partial charge in [-0.25, -0.2) is 14.4 Å². The van der Waals surface area contributed by atoms with E-state index in [1.165, 1.54) is 14.2 Å². The number of nitrogens with one attached hydrogen (secondary N) is 1. The van der Waals surface area contributed by atoms with E-state index in [9.17, 15) is 14.0 Å². The molecule has 3 aromatic rings. The molecule has 9 nitrogen and oxygen atoms in total. The zero-order valence-corrected chi connectivity index (χ0v) is 16.5. The van der Waals surface area contributed by atoms with Crippen molar-refractivity contribution >= 4 is 28.6 Å². The van der Waals surface area contributed by atoms with Crippen LogP contribution in [0.4, 0.5) is 10.2 Å². The van der Waals surface area contributed by atoms with Crippen LogP contribution in [-0.4, -0.2) is 45.7 Å². The van der Waals surface area contributed by atoms with Crippen molar-refractivity contribution in [1.82, 2.24) is 14.5 Å². The Morgan fingerprint density at radius 3 is 2.60 bits per heavy atom. The Hall–Kier alpha value is -3.69. The van der Waals surface area contributed by atoms with Crippen LogP contribution in [-0.2, 0) is 16.6 Å². The first-order chi connectivity index (χ1) is 14.3. The van der Waals surface area contributed by atoms with Crippen molar-refractivity contribution < 1.29 is 28.6 Å². The van der Waals surface area contributed by atoms with E-state index >= 15 is 0 Å². The van der Waals surface area contributed by atoms with Crippen LogP contribution in [0, 0.1) is 17.7 Å². The molecule has 0 radical (unpaired) electrons. The number of halogens is 1. The van der Waals surface area contributed by atoms with Crippen molar-refractivity contribution in [3.63, 3.8) is 0 Å². The lowest BCUT2D eigenvalue weighted by molar-refractivity contribution is -0.139. The maximum Gasteiger partial charge on any atom is 0.307 e. The second-order valence-corrected chi connectivity index (χ2v) is 7.02. The van der Waals surface area contributed by atoms with E-state index in [2.05, 4.69) is 15.3 Å². The minimum Gasteiger partial charge on any atom is -0.493 e. The van der Waals surface area contributed by atoms with Crippen molar-refractivity contribution in [3.8, 4) is 22.9 Å². The number of pyridine rings is 2. The molecular weight excluding hydrogens is 395 g/mol. The third kappa shape index (κ3) is 3.19. The molecule has 2 atom stereocenters. The summed E-state index contributed by atoms with van der Waals surface area (Å²) < 4.78 is 26.6. The molecule has 2 N–H and O–H groups in total. The van der Waals surface area contributed by atoms with Crippen molar-refractivity contribution in [1.29, 1.82) is 0 Å². The second-order valence-electron chi connectivity index (χ2n) is 7.02. The maximum absolute atomic E-state index is 14.3. The molecule has 0 unspecified atom stereocenters. The van der Waals surface area contributed by atoms with Gasteiger partial charge in [0.1, 0.15) is 11.4 Å². The smallest absolute Gasteiger partial charge is 0.307 e. The fraction of sp³-hybridized carbons (Fsp3) is 0.300. The van der Waals surface area contributed by atoms with Gasteiger partial charge >= 0.3 is 5.97 Å². The number of carboxylic acids is 1. The molecule has 1 saturated carbocycles. The zero-order chi connectivity index (χ0) is 21.6. The standard InChI is InChI=1S/C20H19FN4O5/c1-25-13(16-17(29-2)12(21)7-23-19(16)30-3)4-9-5-15(22-8-14(9)25)24-18(26)10-6-11(10)20(27)28/h4-5,7-8,10-11H,6H2,1-3H3,(H,27,28)(H,22,24,26)/t10-,11-/m0/s1. The highest BCUT2D eigenvalue weighted by Crippen LogP contribution is 2.41. The second kappa shape index (κ2) is 7.29. The molecule has 0 aromatic carbocycles. The number of carboxylic acid groups (broad SMARTS) is 1. The van der Waals surface area contributed by atoms with Gasteiger partial charge in [-0.1, -0.05) is 0 Å². The third-order valence-electron chi connectivity index (χ3n) is 5.23. The van der Waals surface area contributed by atoms with Crippen LogP contribution in [0.1, 0.15) is 6.42 Å². The summed E-state index contributed by atoms with van der Waals surface area (Å²) in [4.78, 5) is 31.4. The number of nitrogens with zero attached hydrogens (tertiary/aromatic N) is 3. The Morgan fingerprint density at radius 2 is 1.97 bits per heavy atom. The number of ether oxygens (including phenoxy) is 2. The molecule has 1 aliphatic carbocycles. The predicted octanol–water partition coefficient (Wildman–Crippen LogP) is 2.45.